The van der Waals surface area contributed by atoms with Gasteiger partial charge in [-0.25, -0.2) is 21.2 Å². The van der Waals surface area contributed by atoms with Gasteiger partial charge in [-0.15, -0.1) is 0 Å². The third kappa shape index (κ3) is 4.98. The lowest BCUT2D eigenvalue weighted by atomic mass is 10.1. The molecule has 0 spiro atoms. The molecule has 30 heavy (non-hydrogen) atoms. The van der Waals surface area contributed by atoms with Crippen molar-refractivity contribution in [2.75, 3.05) is 12.9 Å². The summed E-state index contributed by atoms with van der Waals surface area (Å²) in [5.41, 5.74) is -0.921. The lowest BCUT2D eigenvalue weighted by molar-refractivity contribution is -0.387. The second-order valence-electron chi connectivity index (χ2n) is 6.05. The van der Waals surface area contributed by atoms with E-state index < -0.39 is 54.2 Å². The van der Waals surface area contributed by atoms with Crippen LogP contribution in [-0.2, 0) is 24.8 Å². The minimum Gasteiger partial charge on any atom is -0.427 e. The Morgan fingerprint density at radius 3 is 2.17 bits per heavy atom. The van der Waals surface area contributed by atoms with Crippen LogP contribution in [0, 0.1) is 10.1 Å². The summed E-state index contributed by atoms with van der Waals surface area (Å²) in [6, 6.07) is 7.16. The number of carbonyl (C=O) groups excluding carboxylic acids is 1. The van der Waals surface area contributed by atoms with Crippen LogP contribution in [-0.4, -0.2) is 44.4 Å². The molecule has 0 aliphatic carbocycles. The molecule has 10 nitrogen and oxygen atoms in total. The average molecular weight is 460 g/mol. The summed E-state index contributed by atoms with van der Waals surface area (Å²) in [5, 5.41) is 11.2. The molecule has 0 fully saturated rings. The smallest absolute Gasteiger partial charge is 0.308 e. The number of carbonyl (C=O) groups is 1. The van der Waals surface area contributed by atoms with Crippen LogP contribution in [0.3, 0.4) is 0 Å². The minimum absolute atomic E-state index is 0.0685. The number of nitro benzene ring substituents is 1. The number of halogens is 1. The number of rotatable bonds is 8. The lowest BCUT2D eigenvalue weighted by Crippen LogP contribution is -2.40. The van der Waals surface area contributed by atoms with E-state index in [9.17, 15) is 36.1 Å². The van der Waals surface area contributed by atoms with Crippen LogP contribution in [0.4, 0.5) is 10.1 Å². The number of esters is 1. The Morgan fingerprint density at radius 2 is 1.70 bits per heavy atom. The van der Waals surface area contributed by atoms with Crippen molar-refractivity contribution in [3.63, 3.8) is 0 Å². The zero-order valence-corrected chi connectivity index (χ0v) is 17.4. The topological polar surface area (TPSA) is 141 Å². The number of benzene rings is 2. The molecular formula is C17H17FN2O8S2. The largest absolute Gasteiger partial charge is 0.427 e. The van der Waals surface area contributed by atoms with Gasteiger partial charge >= 0.3 is 5.97 Å². The van der Waals surface area contributed by atoms with Crippen LogP contribution >= 0.6 is 0 Å². The number of ether oxygens (including phenoxy) is 1. The monoisotopic (exact) mass is 460 g/mol. The number of nitro groups is 1. The Bertz CT molecular complexity index is 1160. The highest BCUT2D eigenvalue weighted by Gasteiger charge is 2.42. The standard InChI is InChI=1S/C17H17FN2O8S2/c1-12(21)28-14-9-7-13(8-10-14)16(11-18)20(29(2,24)25)30(26,27)17-6-4-3-5-15(17)19(22)23/h3-10,16H,11H2,1-2H3. The highest BCUT2D eigenvalue weighted by atomic mass is 32.3. The van der Waals surface area contributed by atoms with Crippen molar-refractivity contribution in [2.45, 2.75) is 17.9 Å². The zero-order valence-electron chi connectivity index (χ0n) is 15.8. The molecule has 0 N–H and O–H groups in total. The number of para-hydroxylation sites is 1. The molecule has 0 heterocycles. The van der Waals surface area contributed by atoms with E-state index in [0.717, 1.165) is 19.1 Å². The Labute approximate surface area is 172 Å². The van der Waals surface area contributed by atoms with E-state index in [2.05, 4.69) is 0 Å². The Kier molecular flexibility index (Phi) is 6.90. The van der Waals surface area contributed by atoms with E-state index in [-0.39, 0.29) is 15.0 Å². The zero-order chi connectivity index (χ0) is 22.7. The average Bonchev–Trinajstić information content (AvgIpc) is 2.65. The van der Waals surface area contributed by atoms with Gasteiger partial charge in [0.25, 0.3) is 15.7 Å². The number of hydrogen-bond donors (Lipinski definition) is 0. The Morgan fingerprint density at radius 1 is 1.13 bits per heavy atom. The summed E-state index contributed by atoms with van der Waals surface area (Å²) >= 11 is 0. The highest BCUT2D eigenvalue weighted by Crippen LogP contribution is 2.35. The molecular weight excluding hydrogens is 443 g/mol. The first-order chi connectivity index (χ1) is 13.9. The lowest BCUT2D eigenvalue weighted by Gasteiger charge is -2.27. The molecule has 2 aromatic rings. The first-order valence-electron chi connectivity index (χ1n) is 8.22. The quantitative estimate of drug-likeness (QED) is 0.253. The molecule has 13 heteroatoms. The van der Waals surface area contributed by atoms with E-state index in [1.54, 1.807) is 0 Å². The summed E-state index contributed by atoms with van der Waals surface area (Å²) in [5.74, 6) is -0.544. The van der Waals surface area contributed by atoms with Gasteiger partial charge in [-0.2, -0.15) is 0 Å². The van der Waals surface area contributed by atoms with Crippen LogP contribution in [0.15, 0.2) is 53.4 Å². The number of alkyl halides is 1. The fourth-order valence-corrected chi connectivity index (χ4v) is 6.36. The minimum atomic E-state index is -5.04. The first kappa shape index (κ1) is 23.4. The van der Waals surface area contributed by atoms with Gasteiger partial charge in [-0.1, -0.05) is 28.0 Å². The SMILES string of the molecule is CC(=O)Oc1ccc(C(CF)N(S(C)(=O)=O)S(=O)(=O)c2ccccc2[N+](=O)[O-])cc1. The van der Waals surface area contributed by atoms with Gasteiger partial charge < -0.3 is 4.74 Å². The maximum Gasteiger partial charge on any atom is 0.308 e. The number of sulfonamides is 2. The third-order valence-corrected chi connectivity index (χ3v) is 7.77. The van der Waals surface area contributed by atoms with Gasteiger partial charge in [0.05, 0.1) is 17.2 Å². The summed E-state index contributed by atoms with van der Waals surface area (Å²) in [4.78, 5) is 20.4. The van der Waals surface area contributed by atoms with E-state index >= 15 is 0 Å². The van der Waals surface area contributed by atoms with Gasteiger partial charge in [0, 0.05) is 13.0 Å². The van der Waals surface area contributed by atoms with Crippen molar-refractivity contribution in [3.8, 4) is 5.75 Å². The van der Waals surface area contributed by atoms with E-state index in [1.807, 2.05) is 0 Å². The van der Waals surface area contributed by atoms with Crippen molar-refractivity contribution in [3.05, 3.63) is 64.2 Å². The normalized spacial score (nSPS) is 13.1. The van der Waals surface area contributed by atoms with Crippen LogP contribution in [0.2, 0.25) is 0 Å². The Balaban J connectivity index is 2.64. The molecule has 0 amide bonds. The van der Waals surface area contributed by atoms with Gasteiger partial charge in [0.15, 0.2) is 4.90 Å². The predicted octanol–water partition coefficient (Wildman–Crippen LogP) is 2.18. The van der Waals surface area contributed by atoms with Crippen molar-refractivity contribution >= 4 is 31.7 Å². The molecule has 1 atom stereocenters. The molecule has 1 unspecified atom stereocenters. The van der Waals surface area contributed by atoms with Gasteiger partial charge in [-0.05, 0) is 23.8 Å². The fraction of sp³-hybridized carbons (Fsp3) is 0.235. The van der Waals surface area contributed by atoms with E-state index in [4.69, 9.17) is 4.74 Å². The van der Waals surface area contributed by atoms with Gasteiger partial charge in [0.1, 0.15) is 12.4 Å². The molecule has 0 aliphatic rings. The van der Waals surface area contributed by atoms with Crippen molar-refractivity contribution in [1.29, 1.82) is 0 Å². The maximum absolute atomic E-state index is 13.9. The van der Waals surface area contributed by atoms with Gasteiger partial charge in [-0.3, -0.25) is 14.9 Å². The summed E-state index contributed by atoms with van der Waals surface area (Å²) in [6.07, 6.45) is 0.551. The van der Waals surface area contributed by atoms with Crippen molar-refractivity contribution in [2.24, 2.45) is 0 Å². The Hall–Kier alpha value is -2.90. The molecule has 2 rings (SSSR count). The van der Waals surface area contributed by atoms with Crippen LogP contribution < -0.4 is 4.74 Å². The molecule has 2 aromatic carbocycles. The molecule has 0 aliphatic heterocycles. The molecule has 0 aromatic heterocycles. The number of nitrogens with zero attached hydrogens (tertiary/aromatic N) is 2. The van der Waals surface area contributed by atoms with E-state index in [0.29, 0.717) is 6.26 Å². The number of hydrogen-bond acceptors (Lipinski definition) is 8. The summed E-state index contributed by atoms with van der Waals surface area (Å²) in [7, 11) is -9.65. The van der Waals surface area contributed by atoms with Crippen molar-refractivity contribution in [1.82, 2.24) is 3.71 Å². The first-order valence-corrected chi connectivity index (χ1v) is 11.5. The van der Waals surface area contributed by atoms with Crippen LogP contribution in [0.5, 0.6) is 5.75 Å². The molecule has 0 saturated heterocycles. The fourth-order valence-electron chi connectivity index (χ4n) is 2.69. The second-order valence-corrected chi connectivity index (χ2v) is 9.92. The predicted molar refractivity (Wildman–Crippen MR) is 103 cm³/mol. The molecule has 0 bridgehead atoms. The molecule has 162 valence electrons. The van der Waals surface area contributed by atoms with Crippen LogP contribution in [0.25, 0.3) is 0 Å². The van der Waals surface area contributed by atoms with Gasteiger partial charge in [0.2, 0.25) is 10.0 Å². The molecule has 0 saturated carbocycles. The maximum atomic E-state index is 13.9. The second kappa shape index (κ2) is 8.85. The molecule has 0 radical (unpaired) electrons. The highest BCUT2D eigenvalue weighted by molar-refractivity contribution is 8.03. The third-order valence-electron chi connectivity index (χ3n) is 3.83. The van der Waals surface area contributed by atoms with Crippen LogP contribution in [0.1, 0.15) is 18.5 Å². The summed E-state index contributed by atoms with van der Waals surface area (Å²) in [6.45, 7) is -0.289. The van der Waals surface area contributed by atoms with E-state index in [1.165, 1.54) is 36.4 Å². The summed E-state index contributed by atoms with van der Waals surface area (Å²) < 4.78 is 69.6. The van der Waals surface area contributed by atoms with Crippen molar-refractivity contribution < 1.29 is 35.7 Å².